The molecule has 0 aliphatic rings. The molecule has 1 aromatic carbocycles. The number of nitrogens with zero attached hydrogens (tertiary/aromatic N) is 1. The number of rotatable bonds is 9. The molecule has 5 nitrogen and oxygen atoms in total. The lowest BCUT2D eigenvalue weighted by atomic mass is 9.99. The van der Waals surface area contributed by atoms with E-state index in [4.69, 9.17) is 4.43 Å². The van der Waals surface area contributed by atoms with Crippen molar-refractivity contribution in [2.24, 2.45) is 5.92 Å². The van der Waals surface area contributed by atoms with Crippen LogP contribution in [0.2, 0.25) is 18.1 Å². The molecule has 0 heterocycles. The second-order valence-electron chi connectivity index (χ2n) is 9.41. The molecule has 28 heavy (non-hydrogen) atoms. The maximum absolute atomic E-state index is 12.8. The van der Waals surface area contributed by atoms with Crippen molar-refractivity contribution in [3.8, 4) is 0 Å². The van der Waals surface area contributed by atoms with Crippen molar-refractivity contribution >= 4 is 14.2 Å². The number of aliphatic hydroxyl groups excluding tert-OH is 2. The molecule has 2 N–H and O–H groups in total. The number of amides is 1. The van der Waals surface area contributed by atoms with Gasteiger partial charge in [0, 0.05) is 13.0 Å². The Morgan fingerprint density at radius 3 is 2.18 bits per heavy atom. The van der Waals surface area contributed by atoms with Crippen LogP contribution in [0.25, 0.3) is 0 Å². The average Bonchev–Trinajstić information content (AvgIpc) is 2.63. The number of hydrogen-bond acceptors (Lipinski definition) is 4. The van der Waals surface area contributed by atoms with Gasteiger partial charge in [-0.1, -0.05) is 58.0 Å². The molecule has 6 heteroatoms. The van der Waals surface area contributed by atoms with Crippen LogP contribution in [0.3, 0.4) is 0 Å². The molecule has 160 valence electrons. The fraction of sp³-hybridized carbons (Fsp3) is 0.682. The van der Waals surface area contributed by atoms with Crippen LogP contribution in [0, 0.1) is 5.92 Å². The van der Waals surface area contributed by atoms with E-state index in [1.807, 2.05) is 44.2 Å². The SMILES string of the molecule is C[C@@H](CC(O)CO[Si](C)(C)C(C)(C)C)C(=O)N(C)[C@@H](C)[C@@H](O)c1ccccc1. The zero-order chi connectivity index (χ0) is 21.7. The summed E-state index contributed by atoms with van der Waals surface area (Å²) in [5, 5.41) is 21.0. The maximum Gasteiger partial charge on any atom is 0.225 e. The number of benzene rings is 1. The molecule has 0 aliphatic heterocycles. The zero-order valence-corrected chi connectivity index (χ0v) is 19.8. The lowest BCUT2D eigenvalue weighted by molar-refractivity contribution is -0.139. The summed E-state index contributed by atoms with van der Waals surface area (Å²) < 4.78 is 6.06. The van der Waals surface area contributed by atoms with E-state index in [0.29, 0.717) is 6.42 Å². The van der Waals surface area contributed by atoms with Gasteiger partial charge in [0.15, 0.2) is 8.32 Å². The van der Waals surface area contributed by atoms with Crippen LogP contribution >= 0.6 is 0 Å². The van der Waals surface area contributed by atoms with Gasteiger partial charge in [0.05, 0.1) is 24.9 Å². The van der Waals surface area contributed by atoms with E-state index >= 15 is 0 Å². The molecule has 1 aromatic rings. The smallest absolute Gasteiger partial charge is 0.225 e. The van der Waals surface area contributed by atoms with E-state index in [9.17, 15) is 15.0 Å². The van der Waals surface area contributed by atoms with Crippen molar-refractivity contribution in [2.75, 3.05) is 13.7 Å². The van der Waals surface area contributed by atoms with Crippen LogP contribution in [0.15, 0.2) is 30.3 Å². The second kappa shape index (κ2) is 10.0. The minimum Gasteiger partial charge on any atom is -0.414 e. The Kier molecular flexibility index (Phi) is 8.87. The van der Waals surface area contributed by atoms with Crippen molar-refractivity contribution in [3.05, 3.63) is 35.9 Å². The summed E-state index contributed by atoms with van der Waals surface area (Å²) in [6.07, 6.45) is -1.10. The van der Waals surface area contributed by atoms with Crippen molar-refractivity contribution in [1.29, 1.82) is 0 Å². The van der Waals surface area contributed by atoms with Gasteiger partial charge in [0.25, 0.3) is 0 Å². The fourth-order valence-electron chi connectivity index (χ4n) is 2.79. The summed E-state index contributed by atoms with van der Waals surface area (Å²) in [7, 11) is -0.224. The summed E-state index contributed by atoms with van der Waals surface area (Å²) in [5.74, 6) is -0.442. The molecule has 0 radical (unpaired) electrons. The molecule has 0 saturated heterocycles. The third kappa shape index (κ3) is 6.69. The van der Waals surface area contributed by atoms with Gasteiger partial charge in [-0.15, -0.1) is 0 Å². The van der Waals surface area contributed by atoms with E-state index in [1.54, 1.807) is 11.9 Å². The van der Waals surface area contributed by atoms with Gasteiger partial charge in [0.1, 0.15) is 0 Å². The van der Waals surface area contributed by atoms with Gasteiger partial charge in [0.2, 0.25) is 5.91 Å². The lowest BCUT2D eigenvalue weighted by Gasteiger charge is -2.37. The highest BCUT2D eigenvalue weighted by Crippen LogP contribution is 2.36. The number of carbonyl (C=O) groups excluding carboxylic acids is 1. The third-order valence-corrected chi connectivity index (χ3v) is 10.5. The standard InChI is InChI=1S/C22H39NO4Si/c1-16(14-19(24)15-27-28(7,8)22(3,4)5)21(26)23(6)17(2)20(25)18-12-10-9-11-13-18/h9-13,16-17,19-20,24-25H,14-15H2,1-8H3/t16-,17-,19?,20+/m0/s1. The summed E-state index contributed by atoms with van der Waals surface area (Å²) in [5.41, 5.74) is 0.783. The van der Waals surface area contributed by atoms with Crippen LogP contribution in [0.4, 0.5) is 0 Å². The van der Waals surface area contributed by atoms with E-state index < -0.39 is 20.5 Å². The van der Waals surface area contributed by atoms with Crippen LogP contribution in [-0.4, -0.2) is 55.1 Å². The van der Waals surface area contributed by atoms with Gasteiger partial charge in [-0.2, -0.15) is 0 Å². The quantitative estimate of drug-likeness (QED) is 0.605. The molecule has 0 aliphatic carbocycles. The molecule has 1 amide bonds. The molecule has 0 aromatic heterocycles. The molecular formula is C22H39NO4Si. The monoisotopic (exact) mass is 409 g/mol. The minimum atomic E-state index is -1.93. The molecule has 0 fully saturated rings. The number of aliphatic hydroxyl groups is 2. The van der Waals surface area contributed by atoms with Crippen molar-refractivity contribution in [3.63, 3.8) is 0 Å². The summed E-state index contributed by atoms with van der Waals surface area (Å²) in [6.45, 7) is 14.7. The van der Waals surface area contributed by atoms with E-state index in [2.05, 4.69) is 33.9 Å². The molecule has 4 atom stereocenters. The van der Waals surface area contributed by atoms with E-state index in [-0.39, 0.29) is 29.5 Å². The van der Waals surface area contributed by atoms with E-state index in [0.717, 1.165) is 5.56 Å². The highest BCUT2D eigenvalue weighted by molar-refractivity contribution is 6.74. The van der Waals surface area contributed by atoms with Crippen LogP contribution in [-0.2, 0) is 9.22 Å². The fourth-order valence-corrected chi connectivity index (χ4v) is 3.83. The molecule has 1 rings (SSSR count). The summed E-state index contributed by atoms with van der Waals surface area (Å²) in [6, 6.07) is 8.97. The predicted molar refractivity (Wildman–Crippen MR) is 117 cm³/mol. The van der Waals surface area contributed by atoms with Crippen molar-refractivity contribution < 1.29 is 19.4 Å². The van der Waals surface area contributed by atoms with E-state index in [1.165, 1.54) is 0 Å². The highest BCUT2D eigenvalue weighted by Gasteiger charge is 2.37. The number of likely N-dealkylation sites (N-methyl/N-ethyl adjacent to an activating group) is 1. The Labute approximate surface area is 171 Å². The largest absolute Gasteiger partial charge is 0.414 e. The van der Waals surface area contributed by atoms with Gasteiger partial charge in [-0.25, -0.2) is 0 Å². The highest BCUT2D eigenvalue weighted by atomic mass is 28.4. The predicted octanol–water partition coefficient (Wildman–Crippen LogP) is 3.98. The number of carbonyl (C=O) groups is 1. The lowest BCUT2D eigenvalue weighted by Crippen LogP contribution is -2.44. The number of hydrogen-bond donors (Lipinski definition) is 2. The van der Waals surface area contributed by atoms with Gasteiger partial charge in [-0.3, -0.25) is 4.79 Å². The molecule has 0 spiro atoms. The molecule has 0 bridgehead atoms. The first-order chi connectivity index (χ1) is 12.8. The van der Waals surface area contributed by atoms with Gasteiger partial charge >= 0.3 is 0 Å². The van der Waals surface area contributed by atoms with Crippen molar-refractivity contribution in [2.45, 2.75) is 77.4 Å². The Morgan fingerprint density at radius 2 is 1.68 bits per heavy atom. The maximum atomic E-state index is 12.8. The first kappa shape index (κ1) is 24.8. The van der Waals surface area contributed by atoms with Crippen LogP contribution < -0.4 is 0 Å². The Balaban J connectivity index is 2.61. The van der Waals surface area contributed by atoms with Crippen molar-refractivity contribution in [1.82, 2.24) is 4.90 Å². The summed E-state index contributed by atoms with van der Waals surface area (Å²) >= 11 is 0. The first-order valence-corrected chi connectivity index (χ1v) is 13.0. The van der Waals surface area contributed by atoms with Gasteiger partial charge < -0.3 is 19.5 Å². The summed E-state index contributed by atoms with van der Waals surface area (Å²) in [4.78, 5) is 14.4. The Morgan fingerprint density at radius 1 is 1.14 bits per heavy atom. The molecule has 1 unspecified atom stereocenters. The zero-order valence-electron chi connectivity index (χ0n) is 18.8. The topological polar surface area (TPSA) is 70.0 Å². The Hall–Kier alpha value is -1.21. The second-order valence-corrected chi connectivity index (χ2v) is 14.2. The normalized spacial score (nSPS) is 16.9. The molecular weight excluding hydrogens is 370 g/mol. The van der Waals surface area contributed by atoms with Crippen LogP contribution in [0.5, 0.6) is 0 Å². The minimum absolute atomic E-state index is 0.0807. The first-order valence-electron chi connectivity index (χ1n) is 10.1. The molecule has 0 saturated carbocycles. The third-order valence-electron chi connectivity index (χ3n) is 6.05. The van der Waals surface area contributed by atoms with Crippen LogP contribution in [0.1, 0.15) is 52.7 Å². The Bertz CT molecular complexity index is 615. The average molecular weight is 410 g/mol. The van der Waals surface area contributed by atoms with Gasteiger partial charge in [-0.05, 0) is 37.0 Å².